The summed E-state index contributed by atoms with van der Waals surface area (Å²) in [7, 11) is 2.16. The monoisotopic (exact) mass is 237 g/mol. The number of carbonyl (C=O) groups excluding carboxylic acids is 1. The molecular formula is C14H26BO2. The topological polar surface area (TPSA) is 26.3 Å². The van der Waals surface area contributed by atoms with E-state index in [0.717, 1.165) is 12.7 Å². The molecule has 2 nitrogen and oxygen atoms in total. The average Bonchev–Trinajstić information content (AvgIpc) is 2.27. The molecule has 0 saturated carbocycles. The lowest BCUT2D eigenvalue weighted by molar-refractivity contribution is -0.153. The highest BCUT2D eigenvalue weighted by molar-refractivity contribution is 6.39. The molecule has 0 aliphatic heterocycles. The van der Waals surface area contributed by atoms with Gasteiger partial charge in [0.1, 0.15) is 7.28 Å². The van der Waals surface area contributed by atoms with Crippen molar-refractivity contribution >= 4 is 13.2 Å². The summed E-state index contributed by atoms with van der Waals surface area (Å²) in [5, 5.41) is 0. The summed E-state index contributed by atoms with van der Waals surface area (Å²) >= 11 is 0. The predicted molar refractivity (Wildman–Crippen MR) is 74.4 cm³/mol. The first-order valence-corrected chi connectivity index (χ1v) is 6.46. The number of carbonyl (C=O) groups is 1. The van der Waals surface area contributed by atoms with Crippen LogP contribution in [-0.4, -0.2) is 19.9 Å². The molecular weight excluding hydrogens is 211 g/mol. The van der Waals surface area contributed by atoms with Crippen molar-refractivity contribution < 1.29 is 9.53 Å². The van der Waals surface area contributed by atoms with Gasteiger partial charge in [0.2, 0.25) is 0 Å². The van der Waals surface area contributed by atoms with Crippen LogP contribution in [0.25, 0.3) is 0 Å². The highest BCUT2D eigenvalue weighted by Gasteiger charge is 2.29. The number of hydrogen-bond acceptors (Lipinski definition) is 2. The molecule has 0 aliphatic carbocycles. The number of esters is 1. The first-order chi connectivity index (χ1) is 7.83. The van der Waals surface area contributed by atoms with Gasteiger partial charge in [0.25, 0.3) is 0 Å². The minimum atomic E-state index is -0.439. The van der Waals surface area contributed by atoms with Crippen molar-refractivity contribution in [3.63, 3.8) is 0 Å². The van der Waals surface area contributed by atoms with Crippen LogP contribution in [0.4, 0.5) is 0 Å². The molecule has 0 aliphatic rings. The summed E-state index contributed by atoms with van der Waals surface area (Å²) in [5.41, 5.74) is -0.439. The summed E-state index contributed by atoms with van der Waals surface area (Å²) < 4.78 is 5.28. The van der Waals surface area contributed by atoms with Gasteiger partial charge in [-0.05, 0) is 5.92 Å². The van der Waals surface area contributed by atoms with E-state index in [1.807, 2.05) is 33.8 Å². The largest absolute Gasteiger partial charge is 0.465 e. The molecule has 1 radical (unpaired) electrons. The van der Waals surface area contributed by atoms with E-state index in [1.165, 1.54) is 0 Å². The molecule has 1 atom stereocenters. The highest BCUT2D eigenvalue weighted by Crippen LogP contribution is 2.26. The van der Waals surface area contributed by atoms with Crippen molar-refractivity contribution in [1.82, 2.24) is 0 Å². The molecule has 0 spiro atoms. The summed E-state index contributed by atoms with van der Waals surface area (Å²) in [5.74, 6) is 0.656. The molecule has 0 rings (SSSR count). The Labute approximate surface area is 107 Å². The van der Waals surface area contributed by atoms with Crippen molar-refractivity contribution in [2.24, 2.45) is 11.3 Å². The van der Waals surface area contributed by atoms with Gasteiger partial charge >= 0.3 is 5.97 Å². The number of ether oxygens (including phenoxy) is 1. The average molecular weight is 237 g/mol. The second-order valence-electron chi connectivity index (χ2n) is 5.62. The Morgan fingerprint density at radius 2 is 2.06 bits per heavy atom. The van der Waals surface area contributed by atoms with Crippen molar-refractivity contribution in [2.75, 3.05) is 6.61 Å². The van der Waals surface area contributed by atoms with E-state index in [0.29, 0.717) is 18.3 Å². The lowest BCUT2D eigenvalue weighted by Gasteiger charge is -2.24. The van der Waals surface area contributed by atoms with E-state index in [1.54, 1.807) is 0 Å². The normalized spacial score (nSPS) is 13.3. The Morgan fingerprint density at radius 1 is 1.47 bits per heavy atom. The van der Waals surface area contributed by atoms with Gasteiger partial charge in [0.05, 0.1) is 12.0 Å². The molecule has 0 fully saturated rings. The minimum absolute atomic E-state index is 0.110. The van der Waals surface area contributed by atoms with E-state index >= 15 is 0 Å². The zero-order chi connectivity index (χ0) is 13.5. The van der Waals surface area contributed by atoms with Gasteiger partial charge in [-0.3, -0.25) is 4.79 Å². The SMILES string of the molecule is C=CC([B]CC(C)(C)C(=O)OCC(C)C)CC. The Morgan fingerprint density at radius 3 is 2.47 bits per heavy atom. The second-order valence-corrected chi connectivity index (χ2v) is 5.62. The Kier molecular flexibility index (Phi) is 7.25. The van der Waals surface area contributed by atoms with Crippen LogP contribution in [0, 0.1) is 11.3 Å². The van der Waals surface area contributed by atoms with Gasteiger partial charge in [0.15, 0.2) is 0 Å². The van der Waals surface area contributed by atoms with Gasteiger partial charge in [-0.2, -0.15) is 0 Å². The van der Waals surface area contributed by atoms with Crippen molar-refractivity contribution in [1.29, 1.82) is 0 Å². The standard InChI is InChI=1S/C14H26BO2/c1-7-12(8-2)15-10-14(5,6)13(16)17-9-11(3)4/h7,11-12H,1,8-10H2,2-6H3. The lowest BCUT2D eigenvalue weighted by atomic mass is 9.55. The van der Waals surface area contributed by atoms with E-state index in [2.05, 4.69) is 20.8 Å². The van der Waals surface area contributed by atoms with Crippen LogP contribution in [0.15, 0.2) is 12.7 Å². The molecule has 97 valence electrons. The fourth-order valence-electron chi connectivity index (χ4n) is 1.40. The molecule has 0 aromatic rings. The maximum Gasteiger partial charge on any atom is 0.310 e. The van der Waals surface area contributed by atoms with Crippen LogP contribution in [0.5, 0.6) is 0 Å². The molecule has 0 bridgehead atoms. The Balaban J connectivity index is 4.16. The summed E-state index contributed by atoms with van der Waals surface area (Å²) in [6.45, 7) is 14.4. The van der Waals surface area contributed by atoms with Crippen LogP contribution in [0.1, 0.15) is 41.0 Å². The molecule has 17 heavy (non-hydrogen) atoms. The molecule has 0 heterocycles. The van der Waals surface area contributed by atoms with E-state index in [-0.39, 0.29) is 5.97 Å². The van der Waals surface area contributed by atoms with Crippen molar-refractivity contribution in [3.05, 3.63) is 12.7 Å². The second kappa shape index (κ2) is 7.57. The minimum Gasteiger partial charge on any atom is -0.465 e. The molecule has 0 saturated heterocycles. The lowest BCUT2D eigenvalue weighted by Crippen LogP contribution is -2.29. The van der Waals surface area contributed by atoms with Crippen LogP contribution in [0.2, 0.25) is 12.1 Å². The van der Waals surface area contributed by atoms with Crippen LogP contribution >= 0.6 is 0 Å². The molecule has 1 unspecified atom stereocenters. The van der Waals surface area contributed by atoms with E-state index in [4.69, 9.17) is 4.74 Å². The van der Waals surface area contributed by atoms with Crippen molar-refractivity contribution in [2.45, 2.75) is 53.2 Å². The smallest absolute Gasteiger partial charge is 0.310 e. The first-order valence-electron chi connectivity index (χ1n) is 6.46. The predicted octanol–water partition coefficient (Wildman–Crippen LogP) is 3.72. The molecule has 0 aromatic carbocycles. The Bertz CT molecular complexity index is 247. The molecule has 0 N–H and O–H groups in total. The van der Waals surface area contributed by atoms with Crippen LogP contribution in [0.3, 0.4) is 0 Å². The van der Waals surface area contributed by atoms with Gasteiger partial charge in [-0.25, -0.2) is 0 Å². The highest BCUT2D eigenvalue weighted by atomic mass is 16.5. The zero-order valence-corrected chi connectivity index (χ0v) is 12.0. The molecule has 0 aromatic heterocycles. The third-order valence-corrected chi connectivity index (χ3v) is 2.81. The van der Waals surface area contributed by atoms with E-state index in [9.17, 15) is 4.79 Å². The number of allylic oxidation sites excluding steroid dienone is 1. The molecule has 3 heteroatoms. The van der Waals surface area contributed by atoms with Gasteiger partial charge in [0, 0.05) is 0 Å². The quantitative estimate of drug-likeness (QED) is 0.365. The molecule has 0 amide bonds. The summed E-state index contributed by atoms with van der Waals surface area (Å²) in [6.07, 6.45) is 3.69. The maximum absolute atomic E-state index is 11.9. The third-order valence-electron chi connectivity index (χ3n) is 2.81. The first kappa shape index (κ1) is 16.3. The summed E-state index contributed by atoms with van der Waals surface area (Å²) in [6, 6.07) is 0. The van der Waals surface area contributed by atoms with Crippen LogP contribution in [-0.2, 0) is 9.53 Å². The number of rotatable bonds is 8. The van der Waals surface area contributed by atoms with Gasteiger partial charge < -0.3 is 4.74 Å². The van der Waals surface area contributed by atoms with E-state index < -0.39 is 5.41 Å². The fraction of sp³-hybridized carbons (Fsp3) is 0.786. The van der Waals surface area contributed by atoms with Gasteiger partial charge in [-0.1, -0.05) is 59.3 Å². The maximum atomic E-state index is 11.9. The van der Waals surface area contributed by atoms with Crippen molar-refractivity contribution in [3.8, 4) is 0 Å². The summed E-state index contributed by atoms with van der Waals surface area (Å²) in [4.78, 5) is 11.9. The number of hydrogen-bond donors (Lipinski definition) is 0. The third kappa shape index (κ3) is 6.55. The van der Waals surface area contributed by atoms with Crippen LogP contribution < -0.4 is 0 Å². The zero-order valence-electron chi connectivity index (χ0n) is 12.0. The Hall–Kier alpha value is -0.725. The van der Waals surface area contributed by atoms with Gasteiger partial charge in [-0.15, -0.1) is 6.58 Å². The fourth-order valence-corrected chi connectivity index (χ4v) is 1.40.